The van der Waals surface area contributed by atoms with Crippen molar-refractivity contribution in [3.63, 3.8) is 0 Å². The van der Waals surface area contributed by atoms with E-state index in [4.69, 9.17) is 18.9 Å². The fourth-order valence-electron chi connectivity index (χ4n) is 4.29. The molecule has 5 rings (SSSR count). The van der Waals surface area contributed by atoms with Gasteiger partial charge in [-0.1, -0.05) is 54.6 Å². The second-order valence-electron chi connectivity index (χ2n) is 8.69. The Hall–Kier alpha value is -5.03. The van der Waals surface area contributed by atoms with Crippen molar-refractivity contribution in [2.45, 2.75) is 24.0 Å². The molecule has 4 atom stereocenters. The monoisotopic (exact) mass is 530 g/mol. The lowest BCUT2D eigenvalue weighted by Crippen LogP contribution is -2.58. The van der Waals surface area contributed by atoms with Gasteiger partial charge in [0.15, 0.2) is 12.2 Å². The Morgan fingerprint density at radius 2 is 1.21 bits per heavy atom. The Bertz CT molecular complexity index is 1400. The van der Waals surface area contributed by atoms with E-state index in [1.807, 2.05) is 0 Å². The number of ether oxygens (including phenoxy) is 4. The zero-order valence-electron chi connectivity index (χ0n) is 20.3. The van der Waals surface area contributed by atoms with Crippen LogP contribution in [0.25, 0.3) is 0 Å². The summed E-state index contributed by atoms with van der Waals surface area (Å²) in [6.45, 7) is -0.495. The molecule has 3 aromatic carbocycles. The highest BCUT2D eigenvalue weighted by atomic mass is 16.7. The standard InChI is InChI=1S/C28H22N2O9/c31-23(17-10-4-1-5-11-17)36-16-20-21(37-24(32)18-12-6-2-7-13-18)22(28(39-20)26(34)29-27(35)30-28)38-25(33)19-14-8-3-9-15-19/h1-15,20-22H,16H2,(H2,29,30,34,35)/t20-,21-,22-,28-/m1/s1. The number of esters is 3. The van der Waals surface area contributed by atoms with Gasteiger partial charge in [-0.15, -0.1) is 0 Å². The van der Waals surface area contributed by atoms with Gasteiger partial charge < -0.3 is 18.9 Å². The van der Waals surface area contributed by atoms with Crippen LogP contribution in [-0.2, 0) is 23.7 Å². The van der Waals surface area contributed by atoms with Crippen LogP contribution in [0.4, 0.5) is 4.79 Å². The van der Waals surface area contributed by atoms with E-state index in [1.165, 1.54) is 24.3 Å². The normalized spacial score (nSPS) is 23.5. The average Bonchev–Trinajstić information content (AvgIpc) is 3.42. The van der Waals surface area contributed by atoms with Crippen LogP contribution in [0.15, 0.2) is 91.0 Å². The van der Waals surface area contributed by atoms with E-state index in [-0.39, 0.29) is 16.7 Å². The van der Waals surface area contributed by atoms with Crippen molar-refractivity contribution in [2.24, 2.45) is 0 Å². The summed E-state index contributed by atoms with van der Waals surface area (Å²) in [4.78, 5) is 63.8. The molecule has 2 aliphatic rings. The summed E-state index contributed by atoms with van der Waals surface area (Å²) in [6.07, 6.45) is -4.40. The van der Waals surface area contributed by atoms with Crippen molar-refractivity contribution in [1.29, 1.82) is 0 Å². The molecule has 0 unspecified atom stereocenters. The number of hydrogen-bond donors (Lipinski definition) is 2. The van der Waals surface area contributed by atoms with E-state index in [0.29, 0.717) is 0 Å². The van der Waals surface area contributed by atoms with Gasteiger partial charge in [0.1, 0.15) is 12.7 Å². The van der Waals surface area contributed by atoms with Crippen LogP contribution in [0, 0.1) is 0 Å². The predicted octanol–water partition coefficient (Wildman–Crippen LogP) is 2.23. The first-order valence-electron chi connectivity index (χ1n) is 11.9. The Kier molecular flexibility index (Phi) is 7.06. The number of amides is 3. The average molecular weight is 530 g/mol. The molecular weight excluding hydrogens is 508 g/mol. The van der Waals surface area contributed by atoms with E-state index in [2.05, 4.69) is 10.6 Å². The molecule has 2 fully saturated rings. The van der Waals surface area contributed by atoms with Crippen molar-refractivity contribution in [3.05, 3.63) is 108 Å². The molecule has 0 radical (unpaired) electrons. The predicted molar refractivity (Wildman–Crippen MR) is 132 cm³/mol. The summed E-state index contributed by atoms with van der Waals surface area (Å²) >= 11 is 0. The summed E-state index contributed by atoms with van der Waals surface area (Å²) < 4.78 is 22.7. The van der Waals surface area contributed by atoms with Crippen molar-refractivity contribution in [1.82, 2.24) is 10.6 Å². The number of urea groups is 1. The third kappa shape index (κ3) is 5.20. The summed E-state index contributed by atoms with van der Waals surface area (Å²) in [7, 11) is 0. The maximum atomic E-state index is 13.0. The number of rotatable bonds is 7. The van der Waals surface area contributed by atoms with Crippen LogP contribution in [0.3, 0.4) is 0 Å². The quantitative estimate of drug-likeness (QED) is 0.267. The summed E-state index contributed by atoms with van der Waals surface area (Å²) in [5, 5.41) is 4.40. The van der Waals surface area contributed by atoms with Gasteiger partial charge in [0.25, 0.3) is 11.6 Å². The van der Waals surface area contributed by atoms with Gasteiger partial charge in [-0.05, 0) is 36.4 Å². The third-order valence-corrected chi connectivity index (χ3v) is 6.15. The molecule has 0 saturated carbocycles. The second-order valence-corrected chi connectivity index (χ2v) is 8.69. The number of carbonyl (C=O) groups excluding carboxylic acids is 5. The van der Waals surface area contributed by atoms with Gasteiger partial charge in [-0.25, -0.2) is 19.2 Å². The van der Waals surface area contributed by atoms with E-state index < -0.39 is 60.5 Å². The highest BCUT2D eigenvalue weighted by Gasteiger charge is 2.67. The maximum Gasteiger partial charge on any atom is 0.338 e. The van der Waals surface area contributed by atoms with Gasteiger partial charge in [0.05, 0.1) is 16.7 Å². The molecule has 1 spiro atoms. The van der Waals surface area contributed by atoms with Gasteiger partial charge in [0, 0.05) is 0 Å². The minimum Gasteiger partial charge on any atom is -0.459 e. The molecule has 2 saturated heterocycles. The largest absolute Gasteiger partial charge is 0.459 e. The molecule has 11 heteroatoms. The molecule has 2 heterocycles. The Balaban J connectivity index is 1.47. The van der Waals surface area contributed by atoms with Crippen LogP contribution in [-0.4, -0.2) is 60.5 Å². The van der Waals surface area contributed by atoms with E-state index >= 15 is 0 Å². The molecule has 198 valence electrons. The van der Waals surface area contributed by atoms with Gasteiger partial charge in [-0.3, -0.25) is 15.4 Å². The molecule has 2 N–H and O–H groups in total. The topological polar surface area (TPSA) is 146 Å². The van der Waals surface area contributed by atoms with Crippen LogP contribution >= 0.6 is 0 Å². The number of imide groups is 1. The fraction of sp³-hybridized carbons (Fsp3) is 0.179. The first kappa shape index (κ1) is 25.6. The summed E-state index contributed by atoms with van der Waals surface area (Å²) in [6, 6.07) is 23.1. The zero-order chi connectivity index (χ0) is 27.4. The van der Waals surface area contributed by atoms with E-state index in [1.54, 1.807) is 66.7 Å². The number of carbonyl (C=O) groups is 5. The van der Waals surface area contributed by atoms with E-state index in [0.717, 1.165) is 0 Å². The lowest BCUT2D eigenvalue weighted by Gasteiger charge is -2.28. The smallest absolute Gasteiger partial charge is 0.338 e. The molecule has 39 heavy (non-hydrogen) atoms. The third-order valence-electron chi connectivity index (χ3n) is 6.15. The maximum absolute atomic E-state index is 13.0. The molecule has 11 nitrogen and oxygen atoms in total. The molecule has 0 aliphatic carbocycles. The van der Waals surface area contributed by atoms with Gasteiger partial charge in [-0.2, -0.15) is 0 Å². The summed E-state index contributed by atoms with van der Waals surface area (Å²) in [5.74, 6) is -3.34. The van der Waals surface area contributed by atoms with Crippen LogP contribution < -0.4 is 10.6 Å². The highest BCUT2D eigenvalue weighted by Crippen LogP contribution is 2.37. The Morgan fingerprint density at radius 1 is 0.718 bits per heavy atom. The molecule has 0 aromatic heterocycles. The van der Waals surface area contributed by atoms with Crippen LogP contribution in [0.5, 0.6) is 0 Å². The minimum atomic E-state index is -2.24. The van der Waals surface area contributed by atoms with Gasteiger partial charge >= 0.3 is 23.9 Å². The number of hydrogen-bond acceptors (Lipinski definition) is 9. The number of benzene rings is 3. The van der Waals surface area contributed by atoms with Crippen molar-refractivity contribution >= 4 is 29.8 Å². The Labute approximate surface area is 222 Å². The van der Waals surface area contributed by atoms with Crippen molar-refractivity contribution in [2.75, 3.05) is 6.61 Å². The first-order valence-corrected chi connectivity index (χ1v) is 11.9. The van der Waals surface area contributed by atoms with Gasteiger partial charge in [0.2, 0.25) is 0 Å². The second kappa shape index (κ2) is 10.8. The molecule has 3 amide bonds. The molecule has 3 aromatic rings. The highest BCUT2D eigenvalue weighted by molar-refractivity contribution is 6.07. The first-order chi connectivity index (χ1) is 18.9. The SMILES string of the molecule is O=C1NC(=O)[C@]2(N1)O[C@H](COC(=O)c1ccccc1)[C@@H](OC(=O)c1ccccc1)[C@H]2OC(=O)c1ccccc1. The lowest BCUT2D eigenvalue weighted by molar-refractivity contribution is -0.153. The zero-order valence-corrected chi connectivity index (χ0v) is 20.3. The summed E-state index contributed by atoms with van der Waals surface area (Å²) in [5.41, 5.74) is -1.68. The molecular formula is C28H22N2O9. The fourth-order valence-corrected chi connectivity index (χ4v) is 4.29. The lowest BCUT2D eigenvalue weighted by atomic mass is 10.0. The minimum absolute atomic E-state index is 0.143. The number of nitrogens with one attached hydrogen (secondary N) is 2. The van der Waals surface area contributed by atoms with Crippen molar-refractivity contribution < 1.29 is 42.9 Å². The van der Waals surface area contributed by atoms with Crippen LogP contribution in [0.2, 0.25) is 0 Å². The molecule has 2 aliphatic heterocycles. The van der Waals surface area contributed by atoms with Crippen LogP contribution in [0.1, 0.15) is 31.1 Å². The Morgan fingerprint density at radius 3 is 1.69 bits per heavy atom. The van der Waals surface area contributed by atoms with Crippen molar-refractivity contribution in [3.8, 4) is 0 Å². The molecule has 0 bridgehead atoms. The van der Waals surface area contributed by atoms with E-state index in [9.17, 15) is 24.0 Å².